The van der Waals surface area contributed by atoms with Gasteiger partial charge in [-0.1, -0.05) is 34.1 Å². The molecule has 0 fully saturated rings. The zero-order chi connectivity index (χ0) is 17.3. The molecule has 1 heterocycles. The minimum absolute atomic E-state index is 0.0416. The number of amides is 1. The number of benzene rings is 2. The van der Waals surface area contributed by atoms with Gasteiger partial charge in [-0.15, -0.1) is 0 Å². The molecular weight excluding hydrogens is 370 g/mol. The van der Waals surface area contributed by atoms with E-state index in [1.54, 1.807) is 7.11 Å². The maximum Gasteiger partial charge on any atom is 0.232 e. The minimum Gasteiger partial charge on any atom is -0.493 e. The quantitative estimate of drug-likeness (QED) is 0.821. The molecule has 1 aliphatic rings. The second-order valence-corrected chi connectivity index (χ2v) is 6.67. The fraction of sp³-hybridized carbons (Fsp3) is 0.316. The Hall–Kier alpha value is -2.01. The molecule has 126 valence electrons. The Morgan fingerprint density at radius 2 is 2.04 bits per heavy atom. The summed E-state index contributed by atoms with van der Waals surface area (Å²) in [4.78, 5) is 12.5. The van der Waals surface area contributed by atoms with Crippen molar-refractivity contribution in [1.82, 2.24) is 0 Å². The van der Waals surface area contributed by atoms with Crippen LogP contribution in [0.2, 0.25) is 0 Å². The summed E-state index contributed by atoms with van der Waals surface area (Å²) in [7, 11) is 1.62. The molecular formula is C19H20BrNO3. The lowest BCUT2D eigenvalue weighted by Gasteiger charge is -2.15. The van der Waals surface area contributed by atoms with Gasteiger partial charge in [0.15, 0.2) is 11.5 Å². The van der Waals surface area contributed by atoms with Gasteiger partial charge in [-0.05, 0) is 49.1 Å². The minimum atomic E-state index is -0.195. The van der Waals surface area contributed by atoms with E-state index in [0.717, 1.165) is 26.9 Å². The van der Waals surface area contributed by atoms with Crippen molar-refractivity contribution in [3.05, 3.63) is 51.5 Å². The number of hydrogen-bond donors (Lipinski definition) is 1. The van der Waals surface area contributed by atoms with Crippen LogP contribution < -0.4 is 14.8 Å². The smallest absolute Gasteiger partial charge is 0.232 e. The largest absolute Gasteiger partial charge is 0.493 e. The van der Waals surface area contributed by atoms with E-state index < -0.39 is 0 Å². The average Bonchev–Trinajstić information content (AvgIpc) is 2.88. The first-order valence-corrected chi connectivity index (χ1v) is 8.74. The Morgan fingerprint density at radius 1 is 1.25 bits per heavy atom. The number of halogens is 1. The van der Waals surface area contributed by atoms with E-state index in [4.69, 9.17) is 9.47 Å². The van der Waals surface area contributed by atoms with Gasteiger partial charge >= 0.3 is 0 Å². The van der Waals surface area contributed by atoms with Gasteiger partial charge in [0, 0.05) is 10.2 Å². The first-order chi connectivity index (χ1) is 11.5. The number of para-hydroxylation sites is 1. The Kier molecular flexibility index (Phi) is 4.81. The van der Waals surface area contributed by atoms with Crippen molar-refractivity contribution in [1.29, 1.82) is 0 Å². The van der Waals surface area contributed by atoms with Gasteiger partial charge in [0.2, 0.25) is 5.91 Å². The average molecular weight is 390 g/mol. The zero-order valence-corrected chi connectivity index (χ0v) is 15.6. The molecule has 0 bridgehead atoms. The standard InChI is InChI=1S/C19H20BrNO3/c1-4-24-17-9-12(15(20)10-16(17)23-3)8-14-13-7-5-6-11(2)18(13)21-19(14)22/h5-7,9-10,14H,4,8H2,1-3H3,(H,21,22)/t14-/m1/s1. The molecule has 1 aliphatic heterocycles. The number of methoxy groups -OCH3 is 1. The van der Waals surface area contributed by atoms with Crippen molar-refractivity contribution in [3.8, 4) is 11.5 Å². The Labute approximate surface area is 150 Å². The molecule has 0 saturated heterocycles. The number of anilines is 1. The zero-order valence-electron chi connectivity index (χ0n) is 14.0. The molecule has 0 unspecified atom stereocenters. The summed E-state index contributed by atoms with van der Waals surface area (Å²) in [6.45, 7) is 4.51. The van der Waals surface area contributed by atoms with Crippen LogP contribution in [0.1, 0.15) is 29.5 Å². The van der Waals surface area contributed by atoms with E-state index in [1.165, 1.54) is 0 Å². The molecule has 24 heavy (non-hydrogen) atoms. The van der Waals surface area contributed by atoms with Crippen LogP contribution in [0.15, 0.2) is 34.8 Å². The fourth-order valence-electron chi connectivity index (χ4n) is 3.09. The van der Waals surface area contributed by atoms with Gasteiger partial charge in [0.05, 0.1) is 19.6 Å². The van der Waals surface area contributed by atoms with Crippen LogP contribution in [0.25, 0.3) is 0 Å². The lowest BCUT2D eigenvalue weighted by Crippen LogP contribution is -2.14. The van der Waals surface area contributed by atoms with Crippen molar-refractivity contribution < 1.29 is 14.3 Å². The first-order valence-electron chi connectivity index (χ1n) is 7.94. The highest BCUT2D eigenvalue weighted by atomic mass is 79.9. The van der Waals surface area contributed by atoms with Gasteiger partial charge in [-0.25, -0.2) is 0 Å². The van der Waals surface area contributed by atoms with Crippen molar-refractivity contribution >= 4 is 27.5 Å². The lowest BCUT2D eigenvalue weighted by atomic mass is 9.92. The third kappa shape index (κ3) is 3.00. The monoisotopic (exact) mass is 389 g/mol. The summed E-state index contributed by atoms with van der Waals surface area (Å²) in [5.41, 5.74) is 4.11. The maximum atomic E-state index is 12.5. The lowest BCUT2D eigenvalue weighted by molar-refractivity contribution is -0.117. The van der Waals surface area contributed by atoms with Crippen molar-refractivity contribution in [2.45, 2.75) is 26.2 Å². The molecule has 4 nitrogen and oxygen atoms in total. The second kappa shape index (κ2) is 6.85. The normalized spacial score (nSPS) is 15.8. The Balaban J connectivity index is 1.96. The topological polar surface area (TPSA) is 47.6 Å². The van der Waals surface area contributed by atoms with Crippen LogP contribution in [0.3, 0.4) is 0 Å². The van der Waals surface area contributed by atoms with Crippen molar-refractivity contribution in [2.24, 2.45) is 0 Å². The third-order valence-electron chi connectivity index (χ3n) is 4.30. The fourth-order valence-corrected chi connectivity index (χ4v) is 3.57. The molecule has 0 radical (unpaired) electrons. The van der Waals surface area contributed by atoms with E-state index in [1.807, 2.05) is 44.2 Å². The number of carbonyl (C=O) groups is 1. The molecule has 0 aromatic heterocycles. The molecule has 2 aromatic rings. The second-order valence-electron chi connectivity index (χ2n) is 5.81. The van der Waals surface area contributed by atoms with Crippen LogP contribution in [-0.2, 0) is 11.2 Å². The van der Waals surface area contributed by atoms with E-state index >= 15 is 0 Å². The first kappa shape index (κ1) is 16.8. The summed E-state index contributed by atoms with van der Waals surface area (Å²) >= 11 is 3.59. The third-order valence-corrected chi connectivity index (χ3v) is 5.04. The molecule has 0 saturated carbocycles. The predicted octanol–water partition coefficient (Wildman–Crippen LogP) is 4.44. The highest BCUT2D eigenvalue weighted by molar-refractivity contribution is 9.10. The SMILES string of the molecule is CCOc1cc(C[C@H]2C(=O)Nc3c(C)cccc32)c(Br)cc1OC. The summed E-state index contributed by atoms with van der Waals surface area (Å²) in [6, 6.07) is 9.87. The molecule has 0 aliphatic carbocycles. The van der Waals surface area contributed by atoms with Gasteiger partial charge < -0.3 is 14.8 Å². The van der Waals surface area contributed by atoms with Crippen molar-refractivity contribution in [2.75, 3.05) is 19.0 Å². The van der Waals surface area contributed by atoms with Crippen LogP contribution in [-0.4, -0.2) is 19.6 Å². The molecule has 1 amide bonds. The van der Waals surface area contributed by atoms with Crippen LogP contribution in [0, 0.1) is 6.92 Å². The molecule has 2 aromatic carbocycles. The number of nitrogens with one attached hydrogen (secondary N) is 1. The Bertz CT molecular complexity index is 788. The number of fused-ring (bicyclic) bond motifs is 1. The maximum absolute atomic E-state index is 12.5. The van der Waals surface area contributed by atoms with Crippen LogP contribution >= 0.6 is 15.9 Å². The summed E-state index contributed by atoms with van der Waals surface area (Å²) in [6.07, 6.45) is 0.604. The highest BCUT2D eigenvalue weighted by Crippen LogP contribution is 2.40. The number of rotatable bonds is 5. The molecule has 5 heteroatoms. The van der Waals surface area contributed by atoms with E-state index in [-0.39, 0.29) is 11.8 Å². The predicted molar refractivity (Wildman–Crippen MR) is 98.1 cm³/mol. The highest BCUT2D eigenvalue weighted by Gasteiger charge is 2.32. The molecule has 3 rings (SSSR count). The van der Waals surface area contributed by atoms with Gasteiger partial charge in [0.1, 0.15) is 0 Å². The molecule has 1 N–H and O–H groups in total. The number of ether oxygens (including phenoxy) is 2. The summed E-state index contributed by atoms with van der Waals surface area (Å²) < 4.78 is 11.9. The van der Waals surface area contributed by atoms with Gasteiger partial charge in [0.25, 0.3) is 0 Å². The van der Waals surface area contributed by atoms with Crippen molar-refractivity contribution in [3.63, 3.8) is 0 Å². The van der Waals surface area contributed by atoms with E-state index in [9.17, 15) is 4.79 Å². The van der Waals surface area contributed by atoms with Gasteiger partial charge in [-0.3, -0.25) is 4.79 Å². The Morgan fingerprint density at radius 3 is 2.75 bits per heavy atom. The van der Waals surface area contributed by atoms with E-state index in [2.05, 4.69) is 21.2 Å². The number of carbonyl (C=O) groups excluding carboxylic acids is 1. The number of hydrogen-bond acceptors (Lipinski definition) is 3. The van der Waals surface area contributed by atoms with Gasteiger partial charge in [-0.2, -0.15) is 0 Å². The summed E-state index contributed by atoms with van der Waals surface area (Å²) in [5, 5.41) is 3.01. The number of aryl methyl sites for hydroxylation is 1. The molecule has 0 spiro atoms. The van der Waals surface area contributed by atoms with Crippen LogP contribution in [0.4, 0.5) is 5.69 Å². The summed E-state index contributed by atoms with van der Waals surface area (Å²) in [5.74, 6) is 1.22. The van der Waals surface area contributed by atoms with E-state index in [0.29, 0.717) is 24.5 Å². The van der Waals surface area contributed by atoms with Crippen LogP contribution in [0.5, 0.6) is 11.5 Å². The molecule has 1 atom stereocenters.